The van der Waals surface area contributed by atoms with Crippen LogP contribution in [0.4, 0.5) is 14.5 Å². The Morgan fingerprint density at radius 3 is 2.71 bits per heavy atom. The van der Waals surface area contributed by atoms with Crippen LogP contribution >= 0.6 is 0 Å². The van der Waals surface area contributed by atoms with Gasteiger partial charge in [-0.05, 0) is 43.7 Å². The molecule has 2 aromatic heterocycles. The molecule has 2 aliphatic rings. The molecule has 2 aliphatic carbocycles. The van der Waals surface area contributed by atoms with Gasteiger partial charge in [-0.25, -0.2) is 0 Å². The van der Waals surface area contributed by atoms with Crippen molar-refractivity contribution in [3.8, 4) is 5.75 Å². The maximum atomic E-state index is 13.4. The Labute approximate surface area is 196 Å². The van der Waals surface area contributed by atoms with Gasteiger partial charge in [0.1, 0.15) is 12.9 Å². The highest BCUT2D eigenvalue weighted by Gasteiger charge is 2.31. The molecule has 0 bridgehead atoms. The number of nitrogens with zero attached hydrogens (tertiary/aromatic N) is 3. The normalized spacial score (nSPS) is 16.7. The Morgan fingerprint density at radius 1 is 1.21 bits per heavy atom. The van der Waals surface area contributed by atoms with Gasteiger partial charge in [-0.1, -0.05) is 19.3 Å². The third kappa shape index (κ3) is 4.69. The Balaban J connectivity index is 1.47. The minimum absolute atomic E-state index is 0.0357. The molecule has 9 heteroatoms. The number of alkyl halides is 2. The molecule has 0 unspecified atom stereocenters. The van der Waals surface area contributed by atoms with Crippen LogP contribution in [-0.2, 0) is 0 Å². The van der Waals surface area contributed by atoms with Gasteiger partial charge in [0.05, 0.1) is 23.9 Å². The summed E-state index contributed by atoms with van der Waals surface area (Å²) < 4.78 is 35.7. The van der Waals surface area contributed by atoms with E-state index in [4.69, 9.17) is 14.7 Å². The number of nitrogens with one attached hydrogen (secondary N) is 1. The summed E-state index contributed by atoms with van der Waals surface area (Å²) in [6, 6.07) is 8.15. The van der Waals surface area contributed by atoms with Crippen LogP contribution in [0, 0.1) is 5.92 Å². The van der Waals surface area contributed by atoms with Crippen LogP contribution in [-0.4, -0.2) is 29.4 Å². The van der Waals surface area contributed by atoms with E-state index < -0.39 is 18.0 Å². The third-order valence-corrected chi connectivity index (χ3v) is 6.61. The summed E-state index contributed by atoms with van der Waals surface area (Å²) in [5.41, 5.74) is 0.850. The van der Waals surface area contributed by atoms with Crippen LogP contribution in [0.15, 0.2) is 36.5 Å². The minimum Gasteiger partial charge on any atom is -0.491 e. The van der Waals surface area contributed by atoms with Crippen molar-refractivity contribution < 1.29 is 27.9 Å². The van der Waals surface area contributed by atoms with E-state index >= 15 is 0 Å². The molecule has 0 atom stereocenters. The first-order valence-electron chi connectivity index (χ1n) is 11.9. The summed E-state index contributed by atoms with van der Waals surface area (Å²) in [5, 5.41) is 8.53. The largest absolute Gasteiger partial charge is 0.491 e. The predicted octanol–water partition coefficient (Wildman–Crippen LogP) is 4.87. The second-order valence-corrected chi connectivity index (χ2v) is 9.13. The van der Waals surface area contributed by atoms with Gasteiger partial charge in [-0.15, -0.1) is 0 Å². The lowest BCUT2D eigenvalue weighted by atomic mass is 9.96. The second kappa shape index (κ2) is 9.56. The third-order valence-electron chi connectivity index (χ3n) is 6.61. The molecule has 0 saturated heterocycles. The number of hydrogen-bond acceptors (Lipinski definition) is 4. The van der Waals surface area contributed by atoms with Crippen LogP contribution in [0.2, 0.25) is 0 Å². The van der Waals surface area contributed by atoms with Gasteiger partial charge in [-0.3, -0.25) is 14.3 Å². The molecule has 1 N–H and O–H groups in total. The van der Waals surface area contributed by atoms with Crippen LogP contribution in [0.3, 0.4) is 0 Å². The van der Waals surface area contributed by atoms with Crippen molar-refractivity contribution in [1.82, 2.24) is 9.78 Å². The van der Waals surface area contributed by atoms with Crippen LogP contribution < -0.4 is 19.6 Å². The van der Waals surface area contributed by atoms with Crippen molar-refractivity contribution in [3.05, 3.63) is 47.9 Å². The lowest BCUT2D eigenvalue weighted by molar-refractivity contribution is -0.893. The van der Waals surface area contributed by atoms with Gasteiger partial charge >= 0.3 is 23.7 Å². The molecule has 2 heterocycles. The number of pyridine rings is 1. The number of fused-ring (bicyclic) bond motifs is 1. The number of anilines is 1. The Morgan fingerprint density at radius 2 is 2.00 bits per heavy atom. The van der Waals surface area contributed by atoms with Crippen molar-refractivity contribution in [3.63, 3.8) is 0 Å². The number of ether oxygens (including phenoxy) is 1. The molecule has 0 aliphatic heterocycles. The van der Waals surface area contributed by atoms with Crippen LogP contribution in [0.25, 0.3) is 10.9 Å². The second-order valence-electron chi connectivity index (χ2n) is 9.13. The molecule has 34 heavy (non-hydrogen) atoms. The first-order valence-corrected chi connectivity index (χ1v) is 11.9. The van der Waals surface area contributed by atoms with Gasteiger partial charge in [0.2, 0.25) is 0 Å². The Kier molecular flexibility index (Phi) is 6.34. The van der Waals surface area contributed by atoms with E-state index in [1.54, 1.807) is 0 Å². The Bertz CT molecular complexity index is 1190. The number of aromatic nitrogens is 3. The van der Waals surface area contributed by atoms with Crippen molar-refractivity contribution >= 4 is 22.5 Å². The SMILES string of the molecule is CO[n+]1c(C(=O)Nc2cc3cn(C4CCCCC4)nc3cc2OCC2CC2)cccc1C(F)F. The van der Waals surface area contributed by atoms with Gasteiger partial charge in [0, 0.05) is 34.5 Å². The average Bonchev–Trinajstić information content (AvgIpc) is 3.59. The maximum Gasteiger partial charge on any atom is 0.325 e. The van der Waals surface area contributed by atoms with Crippen molar-refractivity contribution in [2.75, 3.05) is 19.0 Å². The van der Waals surface area contributed by atoms with Crippen molar-refractivity contribution in [1.29, 1.82) is 0 Å². The number of benzene rings is 1. The molecule has 2 fully saturated rings. The zero-order valence-electron chi connectivity index (χ0n) is 19.2. The highest BCUT2D eigenvalue weighted by Crippen LogP contribution is 2.35. The fraction of sp³-hybridized carbons (Fsp3) is 0.480. The first kappa shape index (κ1) is 22.6. The summed E-state index contributed by atoms with van der Waals surface area (Å²) in [4.78, 5) is 18.2. The topological polar surface area (TPSA) is 69.3 Å². The van der Waals surface area contributed by atoms with Gasteiger partial charge in [0.25, 0.3) is 0 Å². The van der Waals surface area contributed by atoms with Crippen molar-refractivity contribution in [2.45, 2.75) is 57.4 Å². The number of carbonyl (C=O) groups is 1. The zero-order chi connectivity index (χ0) is 23.7. The number of halogens is 2. The number of rotatable bonds is 8. The summed E-state index contributed by atoms with van der Waals surface area (Å²) in [6.07, 6.45) is 7.39. The molecule has 180 valence electrons. The molecule has 2 saturated carbocycles. The maximum absolute atomic E-state index is 13.4. The Hall–Kier alpha value is -3.23. The molecular weight excluding hydrogens is 442 g/mol. The number of carbonyl (C=O) groups excluding carboxylic acids is 1. The van der Waals surface area contributed by atoms with Crippen LogP contribution in [0.5, 0.6) is 5.75 Å². The van der Waals surface area contributed by atoms with E-state index in [2.05, 4.69) is 5.32 Å². The first-order chi connectivity index (χ1) is 16.5. The molecule has 3 aromatic rings. The van der Waals surface area contributed by atoms with E-state index in [9.17, 15) is 13.6 Å². The van der Waals surface area contributed by atoms with Gasteiger partial charge in [0.15, 0.2) is 0 Å². The van der Waals surface area contributed by atoms with E-state index in [-0.39, 0.29) is 5.69 Å². The molecule has 7 nitrogen and oxygen atoms in total. The van der Waals surface area contributed by atoms with Crippen molar-refractivity contribution in [2.24, 2.45) is 5.92 Å². The van der Waals surface area contributed by atoms with E-state index in [1.807, 2.05) is 23.0 Å². The fourth-order valence-corrected chi connectivity index (χ4v) is 4.55. The highest BCUT2D eigenvalue weighted by atomic mass is 19.3. The number of amides is 1. The van der Waals surface area contributed by atoms with Gasteiger partial charge in [-0.2, -0.15) is 13.9 Å². The average molecular weight is 472 g/mol. The lowest BCUT2D eigenvalue weighted by Gasteiger charge is -2.21. The lowest BCUT2D eigenvalue weighted by Crippen LogP contribution is -2.50. The highest BCUT2D eigenvalue weighted by molar-refractivity contribution is 6.04. The molecule has 5 rings (SSSR count). The molecular formula is C25H29F2N4O3+. The minimum atomic E-state index is -2.79. The quantitative estimate of drug-likeness (QED) is 0.476. The van der Waals surface area contributed by atoms with E-state index in [1.165, 1.54) is 44.6 Å². The summed E-state index contributed by atoms with van der Waals surface area (Å²) in [5.74, 6) is 0.479. The smallest absolute Gasteiger partial charge is 0.325 e. The summed E-state index contributed by atoms with van der Waals surface area (Å²) >= 11 is 0. The van der Waals surface area contributed by atoms with Gasteiger partial charge < -0.3 is 10.1 Å². The fourth-order valence-electron chi connectivity index (χ4n) is 4.55. The zero-order valence-corrected chi connectivity index (χ0v) is 19.2. The standard InChI is InChI=1S/C25H28F2N4O3/c1-33-31-21(24(26)27)8-5-9-22(31)25(32)28-20-12-17-14-30(18-6-3-2-4-7-18)29-19(17)13-23(20)34-15-16-10-11-16/h5,8-9,12-14,16,18,24H,2-4,6-7,10-11,15H2,1H3/p+1. The summed E-state index contributed by atoms with van der Waals surface area (Å²) in [7, 11) is 1.25. The molecule has 1 amide bonds. The van der Waals surface area contributed by atoms with E-state index in [0.29, 0.717) is 30.0 Å². The summed E-state index contributed by atoms with van der Waals surface area (Å²) in [6.45, 7) is 0.566. The predicted molar refractivity (Wildman–Crippen MR) is 122 cm³/mol. The van der Waals surface area contributed by atoms with E-state index in [0.717, 1.165) is 41.3 Å². The molecule has 1 aromatic carbocycles. The molecule has 0 radical (unpaired) electrons. The number of hydrogen-bond donors (Lipinski definition) is 1. The molecule has 0 spiro atoms. The van der Waals surface area contributed by atoms with Crippen LogP contribution in [0.1, 0.15) is 73.6 Å². The monoisotopic (exact) mass is 471 g/mol.